The number of hydrogen-bond donors (Lipinski definition) is 1. The van der Waals surface area contributed by atoms with Crippen LogP contribution in [-0.4, -0.2) is 37.6 Å². The zero-order valence-electron chi connectivity index (χ0n) is 16.2. The standard InChI is InChI=1S/C22H27BrN2O3/c1-27-20-13-18(15-24-10-6-12-25-11-5-9-22(25)26)19(23)14-21(20)28-16-17-7-3-2-4-8-17/h2-4,7-8,13-14,24H,5-6,9-12,15-16H2,1H3. The molecule has 0 aliphatic carbocycles. The maximum Gasteiger partial charge on any atom is 0.222 e. The molecule has 1 amide bonds. The van der Waals surface area contributed by atoms with Gasteiger partial charge in [0.05, 0.1) is 7.11 Å². The van der Waals surface area contributed by atoms with Crippen LogP contribution >= 0.6 is 15.9 Å². The summed E-state index contributed by atoms with van der Waals surface area (Å²) < 4.78 is 12.5. The molecule has 150 valence electrons. The van der Waals surface area contributed by atoms with Crippen LogP contribution in [0, 0.1) is 0 Å². The lowest BCUT2D eigenvalue weighted by molar-refractivity contribution is -0.127. The van der Waals surface area contributed by atoms with Gasteiger partial charge in [-0.1, -0.05) is 46.3 Å². The molecular formula is C22H27BrN2O3. The number of rotatable bonds is 10. The number of carbonyl (C=O) groups excluding carboxylic acids is 1. The summed E-state index contributed by atoms with van der Waals surface area (Å²) in [4.78, 5) is 13.6. The van der Waals surface area contributed by atoms with E-state index in [2.05, 4.69) is 21.2 Å². The van der Waals surface area contributed by atoms with E-state index in [4.69, 9.17) is 9.47 Å². The van der Waals surface area contributed by atoms with Crippen molar-refractivity contribution >= 4 is 21.8 Å². The predicted octanol–water partition coefficient (Wildman–Crippen LogP) is 4.14. The highest BCUT2D eigenvalue weighted by Crippen LogP contribution is 2.34. The van der Waals surface area contributed by atoms with E-state index in [1.165, 1.54) is 0 Å². The van der Waals surface area contributed by atoms with E-state index in [9.17, 15) is 4.79 Å². The number of benzene rings is 2. The Bertz CT molecular complexity index is 783. The number of ether oxygens (including phenoxy) is 2. The molecule has 0 unspecified atom stereocenters. The Labute approximate surface area is 175 Å². The normalized spacial score (nSPS) is 13.8. The molecule has 0 bridgehead atoms. The Hall–Kier alpha value is -2.05. The number of methoxy groups -OCH3 is 1. The molecule has 28 heavy (non-hydrogen) atoms. The Kier molecular flexibility index (Phi) is 7.74. The summed E-state index contributed by atoms with van der Waals surface area (Å²) in [6, 6.07) is 14.0. The average molecular weight is 447 g/mol. The van der Waals surface area contributed by atoms with Gasteiger partial charge in [-0.25, -0.2) is 0 Å². The third kappa shape index (κ3) is 5.72. The van der Waals surface area contributed by atoms with Gasteiger partial charge in [0, 0.05) is 30.5 Å². The van der Waals surface area contributed by atoms with Gasteiger partial charge in [0.25, 0.3) is 0 Å². The van der Waals surface area contributed by atoms with Crippen molar-refractivity contribution in [3.63, 3.8) is 0 Å². The molecule has 0 saturated carbocycles. The van der Waals surface area contributed by atoms with Crippen molar-refractivity contribution in [2.75, 3.05) is 26.7 Å². The van der Waals surface area contributed by atoms with E-state index in [1.54, 1.807) is 7.11 Å². The van der Waals surface area contributed by atoms with E-state index >= 15 is 0 Å². The minimum absolute atomic E-state index is 0.290. The molecule has 0 radical (unpaired) electrons. The van der Waals surface area contributed by atoms with Gasteiger partial charge in [-0.3, -0.25) is 4.79 Å². The maximum atomic E-state index is 11.6. The van der Waals surface area contributed by atoms with Gasteiger partial charge >= 0.3 is 0 Å². The van der Waals surface area contributed by atoms with Crippen LogP contribution in [0.5, 0.6) is 11.5 Å². The highest BCUT2D eigenvalue weighted by molar-refractivity contribution is 9.10. The molecule has 0 spiro atoms. The molecule has 1 heterocycles. The summed E-state index contributed by atoms with van der Waals surface area (Å²) in [5.41, 5.74) is 2.23. The minimum Gasteiger partial charge on any atom is -0.493 e. The van der Waals surface area contributed by atoms with Crippen molar-refractivity contribution < 1.29 is 14.3 Å². The molecule has 1 fully saturated rings. The minimum atomic E-state index is 0.290. The van der Waals surface area contributed by atoms with Crippen LogP contribution in [0.3, 0.4) is 0 Å². The highest BCUT2D eigenvalue weighted by atomic mass is 79.9. The van der Waals surface area contributed by atoms with Gasteiger partial charge < -0.3 is 19.7 Å². The largest absolute Gasteiger partial charge is 0.493 e. The predicted molar refractivity (Wildman–Crippen MR) is 114 cm³/mol. The van der Waals surface area contributed by atoms with Gasteiger partial charge in [-0.15, -0.1) is 0 Å². The molecule has 0 atom stereocenters. The fourth-order valence-electron chi connectivity index (χ4n) is 3.28. The van der Waals surface area contributed by atoms with Crippen LogP contribution in [0.4, 0.5) is 0 Å². The van der Waals surface area contributed by atoms with E-state index in [0.717, 1.165) is 66.1 Å². The molecular weight excluding hydrogens is 420 g/mol. The van der Waals surface area contributed by atoms with Gasteiger partial charge in [-0.2, -0.15) is 0 Å². The van der Waals surface area contributed by atoms with E-state index in [1.807, 2.05) is 47.4 Å². The number of halogens is 1. The van der Waals surface area contributed by atoms with Crippen molar-refractivity contribution in [1.82, 2.24) is 10.2 Å². The Balaban J connectivity index is 1.50. The molecule has 1 aliphatic rings. The van der Waals surface area contributed by atoms with Crippen LogP contribution in [0.15, 0.2) is 46.9 Å². The molecule has 1 N–H and O–H groups in total. The molecule has 1 aliphatic heterocycles. The first-order chi connectivity index (χ1) is 13.7. The second kappa shape index (κ2) is 10.5. The molecule has 6 heteroatoms. The summed E-state index contributed by atoms with van der Waals surface area (Å²) in [5, 5.41) is 3.45. The number of hydrogen-bond acceptors (Lipinski definition) is 4. The first-order valence-electron chi connectivity index (χ1n) is 9.69. The summed E-state index contributed by atoms with van der Waals surface area (Å²) >= 11 is 3.64. The third-order valence-corrected chi connectivity index (χ3v) is 5.58. The van der Waals surface area contributed by atoms with Gasteiger partial charge in [0.15, 0.2) is 11.5 Å². The molecule has 2 aromatic carbocycles. The smallest absolute Gasteiger partial charge is 0.222 e. The third-order valence-electron chi connectivity index (χ3n) is 4.84. The van der Waals surface area contributed by atoms with Crippen molar-refractivity contribution in [3.8, 4) is 11.5 Å². The topological polar surface area (TPSA) is 50.8 Å². The number of nitrogens with zero attached hydrogens (tertiary/aromatic N) is 1. The van der Waals surface area contributed by atoms with Crippen LogP contribution < -0.4 is 14.8 Å². The molecule has 1 saturated heterocycles. The van der Waals surface area contributed by atoms with E-state index < -0.39 is 0 Å². The number of nitrogens with one attached hydrogen (secondary N) is 1. The van der Waals surface area contributed by atoms with Gasteiger partial charge in [0.1, 0.15) is 6.61 Å². The van der Waals surface area contributed by atoms with Gasteiger partial charge in [-0.05, 0) is 42.6 Å². The van der Waals surface area contributed by atoms with Crippen molar-refractivity contribution in [3.05, 3.63) is 58.1 Å². The first-order valence-corrected chi connectivity index (χ1v) is 10.5. The van der Waals surface area contributed by atoms with E-state index in [0.29, 0.717) is 18.9 Å². The quantitative estimate of drug-likeness (QED) is 0.557. The summed E-state index contributed by atoms with van der Waals surface area (Å²) in [5.74, 6) is 1.73. The van der Waals surface area contributed by atoms with Crippen LogP contribution in [0.1, 0.15) is 30.4 Å². The van der Waals surface area contributed by atoms with Crippen molar-refractivity contribution in [2.24, 2.45) is 0 Å². The van der Waals surface area contributed by atoms with Crippen LogP contribution in [-0.2, 0) is 17.9 Å². The summed E-state index contributed by atoms with van der Waals surface area (Å²) in [6.07, 6.45) is 2.66. The first kappa shape index (κ1) is 20.7. The fourth-order valence-corrected chi connectivity index (χ4v) is 3.74. The lowest BCUT2D eigenvalue weighted by Crippen LogP contribution is -2.28. The molecule has 0 aromatic heterocycles. The molecule has 2 aromatic rings. The second-order valence-electron chi connectivity index (χ2n) is 6.88. The maximum absolute atomic E-state index is 11.6. The zero-order chi connectivity index (χ0) is 19.8. The summed E-state index contributed by atoms with van der Waals surface area (Å²) in [7, 11) is 1.66. The Morgan fingerprint density at radius 1 is 1.18 bits per heavy atom. The molecule has 5 nitrogen and oxygen atoms in total. The van der Waals surface area contributed by atoms with E-state index in [-0.39, 0.29) is 0 Å². The fraction of sp³-hybridized carbons (Fsp3) is 0.409. The van der Waals surface area contributed by atoms with Crippen molar-refractivity contribution in [2.45, 2.75) is 32.4 Å². The number of carbonyl (C=O) groups is 1. The SMILES string of the molecule is COc1cc(CNCCCN2CCCC2=O)c(Br)cc1OCc1ccccc1. The summed E-state index contributed by atoms with van der Waals surface area (Å²) in [6.45, 7) is 3.83. The average Bonchev–Trinajstić information content (AvgIpc) is 3.12. The number of likely N-dealkylation sites (tertiary alicyclic amines) is 1. The zero-order valence-corrected chi connectivity index (χ0v) is 17.8. The Morgan fingerprint density at radius 2 is 2.00 bits per heavy atom. The lowest BCUT2D eigenvalue weighted by Gasteiger charge is -2.16. The Morgan fingerprint density at radius 3 is 2.71 bits per heavy atom. The monoisotopic (exact) mass is 446 g/mol. The number of amides is 1. The highest BCUT2D eigenvalue weighted by Gasteiger charge is 2.18. The van der Waals surface area contributed by atoms with Crippen LogP contribution in [0.2, 0.25) is 0 Å². The lowest BCUT2D eigenvalue weighted by atomic mass is 10.2. The second-order valence-corrected chi connectivity index (χ2v) is 7.74. The molecule has 3 rings (SSSR count). The van der Waals surface area contributed by atoms with Crippen LogP contribution in [0.25, 0.3) is 0 Å². The van der Waals surface area contributed by atoms with Gasteiger partial charge in [0.2, 0.25) is 5.91 Å². The van der Waals surface area contributed by atoms with Crippen molar-refractivity contribution in [1.29, 1.82) is 0 Å².